The number of nitrogens with one attached hydrogen (secondary N) is 2. The van der Waals surface area contributed by atoms with Gasteiger partial charge in [-0.2, -0.15) is 23.3 Å². The Morgan fingerprint density at radius 1 is 1.28 bits per heavy atom. The van der Waals surface area contributed by atoms with Gasteiger partial charge in [0.2, 0.25) is 5.88 Å². The molecule has 0 aliphatic heterocycles. The average molecular weight is 538 g/mol. The monoisotopic (exact) mass is 537 g/mol. The summed E-state index contributed by atoms with van der Waals surface area (Å²) in [5.74, 6) is -0.328. The number of aliphatic hydroxyl groups excluding tert-OH is 1. The lowest BCUT2D eigenvalue weighted by atomic mass is 9.98. The van der Waals surface area contributed by atoms with E-state index in [1.807, 2.05) is 0 Å². The second kappa shape index (κ2) is 10.5. The maximum atomic E-state index is 13.8. The summed E-state index contributed by atoms with van der Waals surface area (Å²) >= 11 is 6.97. The van der Waals surface area contributed by atoms with Crippen LogP contribution in [0.15, 0.2) is 42.6 Å². The molecule has 0 radical (unpaired) electrons. The molecular formula is C24H23ClF3N5O2S. The maximum absolute atomic E-state index is 13.8. The van der Waals surface area contributed by atoms with Crippen LogP contribution in [0.4, 0.5) is 18.3 Å². The summed E-state index contributed by atoms with van der Waals surface area (Å²) in [6.45, 7) is 0.601. The largest absolute Gasteiger partial charge is 0.492 e. The van der Waals surface area contributed by atoms with E-state index in [0.717, 1.165) is 28.3 Å². The van der Waals surface area contributed by atoms with Gasteiger partial charge < -0.3 is 20.4 Å². The average Bonchev–Trinajstić information content (AvgIpc) is 3.43. The molecule has 2 aromatic heterocycles. The van der Waals surface area contributed by atoms with Crippen molar-refractivity contribution < 1.29 is 23.4 Å². The van der Waals surface area contributed by atoms with Crippen LogP contribution in [0, 0.1) is 0 Å². The fraction of sp³-hybridized carbons (Fsp3) is 0.250. The molecule has 1 unspecified atom stereocenters. The molecule has 190 valence electrons. The van der Waals surface area contributed by atoms with E-state index < -0.39 is 17.8 Å². The van der Waals surface area contributed by atoms with Crippen LogP contribution in [-0.2, 0) is 6.18 Å². The Labute approximate surface area is 213 Å². The third kappa shape index (κ3) is 5.65. The zero-order valence-electron chi connectivity index (χ0n) is 19.3. The quantitative estimate of drug-likeness (QED) is 0.236. The minimum Gasteiger partial charge on any atom is -0.492 e. The number of anilines is 1. The Balaban J connectivity index is 1.86. The van der Waals surface area contributed by atoms with Crippen molar-refractivity contribution in [3.05, 3.63) is 69.2 Å². The van der Waals surface area contributed by atoms with E-state index in [-0.39, 0.29) is 27.9 Å². The normalized spacial score (nSPS) is 13.4. The molecule has 4 N–H and O–H groups in total. The van der Waals surface area contributed by atoms with Crippen molar-refractivity contribution in [3.63, 3.8) is 0 Å². The van der Waals surface area contributed by atoms with Crippen LogP contribution in [0.1, 0.15) is 21.6 Å². The summed E-state index contributed by atoms with van der Waals surface area (Å²) in [7, 11) is 3.43. The summed E-state index contributed by atoms with van der Waals surface area (Å²) < 4.78 is 41.5. The van der Waals surface area contributed by atoms with Crippen molar-refractivity contribution in [3.8, 4) is 5.88 Å². The van der Waals surface area contributed by atoms with Crippen molar-refractivity contribution in [2.24, 2.45) is 0 Å². The van der Waals surface area contributed by atoms with Gasteiger partial charge in [-0.25, -0.2) is 0 Å². The topological polar surface area (TPSA) is 97.3 Å². The lowest BCUT2D eigenvalue weighted by Gasteiger charge is -2.19. The lowest BCUT2D eigenvalue weighted by molar-refractivity contribution is -0.137. The number of aromatic hydroxyl groups is 1. The molecule has 2 aromatic carbocycles. The number of likely N-dealkylation sites (N-methyl/N-ethyl adjacent to an activating group) is 2. The molecule has 1 atom stereocenters. The van der Waals surface area contributed by atoms with Gasteiger partial charge in [0.05, 0.1) is 23.4 Å². The summed E-state index contributed by atoms with van der Waals surface area (Å²) in [6.07, 6.45) is -2.35. The van der Waals surface area contributed by atoms with E-state index in [0.29, 0.717) is 22.8 Å². The Bertz CT molecular complexity index is 1400. The number of thiazole rings is 1. The third-order valence-electron chi connectivity index (χ3n) is 5.47. The highest BCUT2D eigenvalue weighted by Gasteiger charge is 2.33. The number of halogens is 4. The van der Waals surface area contributed by atoms with Gasteiger partial charge in [-0.3, -0.25) is 5.10 Å². The van der Waals surface area contributed by atoms with E-state index in [9.17, 15) is 23.4 Å². The SMILES string of the molecule is CNCC(O)CN(C)c1nc(O)c(C(=Cc2ccc(Cl)cc2C(F)(F)F)c2ccc3[nH]ncc3c2)s1. The summed E-state index contributed by atoms with van der Waals surface area (Å²) in [5.41, 5.74) is 0.662. The van der Waals surface area contributed by atoms with E-state index in [1.54, 1.807) is 43.4 Å². The van der Waals surface area contributed by atoms with Crippen LogP contribution in [0.3, 0.4) is 0 Å². The van der Waals surface area contributed by atoms with Crippen molar-refractivity contribution in [1.82, 2.24) is 20.5 Å². The first kappa shape index (κ1) is 26.0. The molecule has 0 fully saturated rings. The van der Waals surface area contributed by atoms with Crippen molar-refractivity contribution in [2.45, 2.75) is 12.3 Å². The maximum Gasteiger partial charge on any atom is 0.417 e. The zero-order valence-corrected chi connectivity index (χ0v) is 20.8. The Hall–Kier alpha value is -3.12. The Kier molecular flexibility index (Phi) is 7.55. The molecule has 4 rings (SSSR count). The molecule has 36 heavy (non-hydrogen) atoms. The third-order valence-corrected chi connectivity index (χ3v) is 6.89. The van der Waals surface area contributed by atoms with E-state index in [2.05, 4.69) is 20.5 Å². The predicted octanol–water partition coefficient (Wildman–Crippen LogP) is 5.00. The van der Waals surface area contributed by atoms with Gasteiger partial charge >= 0.3 is 6.18 Å². The molecule has 0 aliphatic rings. The minimum absolute atomic E-state index is 0.0366. The number of aromatic amines is 1. The van der Waals surface area contributed by atoms with E-state index in [4.69, 9.17) is 11.6 Å². The smallest absolute Gasteiger partial charge is 0.417 e. The number of alkyl halides is 3. The van der Waals surface area contributed by atoms with Crippen molar-refractivity contribution in [1.29, 1.82) is 0 Å². The number of nitrogens with zero attached hydrogens (tertiary/aromatic N) is 3. The van der Waals surface area contributed by atoms with E-state index in [1.165, 1.54) is 18.2 Å². The Morgan fingerprint density at radius 2 is 2.06 bits per heavy atom. The van der Waals surface area contributed by atoms with Crippen LogP contribution in [0.5, 0.6) is 5.88 Å². The van der Waals surface area contributed by atoms with Crippen LogP contribution in [0.25, 0.3) is 22.6 Å². The van der Waals surface area contributed by atoms with Crippen molar-refractivity contribution in [2.75, 3.05) is 32.1 Å². The number of aliphatic hydroxyl groups is 1. The van der Waals surface area contributed by atoms with Gasteiger partial charge in [0.15, 0.2) is 5.13 Å². The first-order valence-electron chi connectivity index (χ1n) is 10.8. The molecule has 12 heteroatoms. The number of hydrogen-bond donors (Lipinski definition) is 4. The molecule has 0 saturated carbocycles. The van der Waals surface area contributed by atoms with Crippen LogP contribution >= 0.6 is 22.9 Å². The second-order valence-corrected chi connectivity index (χ2v) is 9.61. The van der Waals surface area contributed by atoms with Gasteiger partial charge in [0.25, 0.3) is 0 Å². The molecule has 0 amide bonds. The van der Waals surface area contributed by atoms with Crippen LogP contribution in [0.2, 0.25) is 5.02 Å². The van der Waals surface area contributed by atoms with Gasteiger partial charge in [0, 0.05) is 36.1 Å². The molecule has 0 aliphatic carbocycles. The lowest BCUT2D eigenvalue weighted by Crippen LogP contribution is -2.35. The predicted molar refractivity (Wildman–Crippen MR) is 137 cm³/mol. The molecule has 7 nitrogen and oxygen atoms in total. The van der Waals surface area contributed by atoms with E-state index >= 15 is 0 Å². The fourth-order valence-electron chi connectivity index (χ4n) is 3.78. The van der Waals surface area contributed by atoms with Crippen molar-refractivity contribution >= 4 is 50.6 Å². The number of rotatable bonds is 8. The van der Waals surface area contributed by atoms with Crippen LogP contribution < -0.4 is 10.2 Å². The van der Waals surface area contributed by atoms with Crippen LogP contribution in [-0.4, -0.2) is 58.7 Å². The number of fused-ring (bicyclic) bond motifs is 1. The highest BCUT2D eigenvalue weighted by Crippen LogP contribution is 2.42. The summed E-state index contributed by atoms with van der Waals surface area (Å²) in [5, 5.41) is 31.7. The molecule has 4 aromatic rings. The number of hydrogen-bond acceptors (Lipinski definition) is 7. The number of H-pyrrole nitrogens is 1. The number of aromatic nitrogens is 3. The highest BCUT2D eigenvalue weighted by molar-refractivity contribution is 7.17. The van der Waals surface area contributed by atoms with Gasteiger partial charge in [0.1, 0.15) is 4.88 Å². The second-order valence-electron chi connectivity index (χ2n) is 8.20. The molecule has 2 heterocycles. The minimum atomic E-state index is -4.64. The Morgan fingerprint density at radius 3 is 2.78 bits per heavy atom. The fourth-order valence-corrected chi connectivity index (χ4v) is 4.92. The summed E-state index contributed by atoms with van der Waals surface area (Å²) in [6, 6.07) is 8.81. The standard InChI is InChI=1S/C24H23ClF3N5O2S/c1-29-11-17(34)12-33(2)23-31-22(35)21(36-23)18(13-4-6-20-15(7-13)10-30-32-20)8-14-3-5-16(25)9-19(14)24(26,27)28/h3-10,17,29,34-35H,11-12H2,1-2H3,(H,30,32). The van der Waals surface area contributed by atoms with Gasteiger partial charge in [-0.05, 0) is 48.5 Å². The highest BCUT2D eigenvalue weighted by atomic mass is 35.5. The first-order chi connectivity index (χ1) is 17.1. The molecule has 0 saturated heterocycles. The summed E-state index contributed by atoms with van der Waals surface area (Å²) in [4.78, 5) is 6.18. The molecule has 0 spiro atoms. The molecular weight excluding hydrogens is 515 g/mol. The first-order valence-corrected chi connectivity index (χ1v) is 12.0. The molecule has 0 bridgehead atoms. The van der Waals surface area contributed by atoms with Gasteiger partial charge in [-0.15, -0.1) is 0 Å². The number of benzene rings is 2. The zero-order chi connectivity index (χ0) is 26.0. The van der Waals surface area contributed by atoms with Gasteiger partial charge in [-0.1, -0.05) is 35.1 Å².